The van der Waals surface area contributed by atoms with E-state index in [2.05, 4.69) is 27.6 Å². The molecule has 1 N–H and O–H groups in total. The largest absolute Gasteiger partial charge is 0.357 e. The third kappa shape index (κ3) is 2.22. The van der Waals surface area contributed by atoms with Gasteiger partial charge in [0.15, 0.2) is 5.43 Å². The van der Waals surface area contributed by atoms with Crippen molar-refractivity contribution in [3.05, 3.63) is 42.2 Å². The Morgan fingerprint density at radius 1 is 1.35 bits per heavy atom. The van der Waals surface area contributed by atoms with Gasteiger partial charge in [-0.25, -0.2) is 0 Å². The molecule has 2 nitrogen and oxygen atoms in total. The molecule has 0 saturated carbocycles. The Morgan fingerprint density at radius 3 is 2.59 bits per heavy atom. The fourth-order valence-electron chi connectivity index (χ4n) is 2.15. The van der Waals surface area contributed by atoms with E-state index < -0.39 is 0 Å². The Labute approximate surface area is 119 Å². The first kappa shape index (κ1) is 12.9. The first-order valence-electron chi connectivity index (χ1n) is 5.43. The maximum Gasteiger partial charge on any atom is 0.193 e. The van der Waals surface area contributed by atoms with Gasteiger partial charge in [0.2, 0.25) is 0 Å². The summed E-state index contributed by atoms with van der Waals surface area (Å²) in [6, 6.07) is 3.60. The molecular weight excluding hydrogens is 349 g/mol. The van der Waals surface area contributed by atoms with E-state index in [1.54, 1.807) is 6.07 Å². The molecule has 17 heavy (non-hydrogen) atoms. The normalized spacial score (nSPS) is 11.4. The average Bonchev–Trinajstić information content (AvgIpc) is 2.19. The van der Waals surface area contributed by atoms with E-state index >= 15 is 0 Å². The van der Waals surface area contributed by atoms with Crippen LogP contribution in [0.1, 0.15) is 31.0 Å². The van der Waals surface area contributed by atoms with Crippen molar-refractivity contribution >= 4 is 45.1 Å². The fraction of sp³-hybridized carbons (Fsp3) is 0.308. The summed E-state index contributed by atoms with van der Waals surface area (Å²) in [5, 5.41) is 1.28. The Bertz CT molecular complexity index is 646. The topological polar surface area (TPSA) is 32.9 Å². The molecule has 0 atom stereocenters. The number of pyridine rings is 1. The summed E-state index contributed by atoms with van der Waals surface area (Å²) in [6.07, 6.45) is 0. The van der Waals surface area contributed by atoms with Gasteiger partial charge in [0.1, 0.15) is 0 Å². The standard InChI is InChI=1S/C13H13ClINO/c1-6(2)11-7(3)16-12-9(13(11)17)4-8(14)5-10(12)15/h4-6H,1-3H3,(H,16,17). The predicted molar refractivity (Wildman–Crippen MR) is 81.1 cm³/mol. The molecule has 1 heterocycles. The molecule has 0 amide bonds. The summed E-state index contributed by atoms with van der Waals surface area (Å²) >= 11 is 8.20. The second kappa shape index (κ2) is 4.61. The molecule has 90 valence electrons. The molecule has 0 radical (unpaired) electrons. The minimum Gasteiger partial charge on any atom is -0.357 e. The van der Waals surface area contributed by atoms with Crippen LogP contribution < -0.4 is 5.43 Å². The van der Waals surface area contributed by atoms with Crippen molar-refractivity contribution in [3.63, 3.8) is 0 Å². The third-order valence-corrected chi connectivity index (χ3v) is 3.91. The van der Waals surface area contributed by atoms with E-state index in [1.165, 1.54) is 0 Å². The summed E-state index contributed by atoms with van der Waals surface area (Å²) in [4.78, 5) is 15.7. The summed E-state index contributed by atoms with van der Waals surface area (Å²) in [6.45, 7) is 6.00. The monoisotopic (exact) mass is 361 g/mol. The molecule has 2 rings (SSSR count). The highest BCUT2D eigenvalue weighted by Gasteiger charge is 2.14. The average molecular weight is 362 g/mol. The van der Waals surface area contributed by atoms with Crippen LogP contribution in [0.25, 0.3) is 10.9 Å². The molecule has 0 bridgehead atoms. The van der Waals surface area contributed by atoms with Crippen molar-refractivity contribution in [2.24, 2.45) is 0 Å². The van der Waals surface area contributed by atoms with Gasteiger partial charge in [-0.3, -0.25) is 4.79 Å². The summed E-state index contributed by atoms with van der Waals surface area (Å²) < 4.78 is 0.973. The third-order valence-electron chi connectivity index (χ3n) is 2.84. The highest BCUT2D eigenvalue weighted by molar-refractivity contribution is 14.1. The Hall–Kier alpha value is -0.550. The maximum absolute atomic E-state index is 12.4. The number of aryl methyl sites for hydroxylation is 1. The fourth-order valence-corrected chi connectivity index (χ4v) is 3.31. The quantitative estimate of drug-likeness (QED) is 0.758. The van der Waals surface area contributed by atoms with Crippen LogP contribution in [0.5, 0.6) is 0 Å². The summed E-state index contributed by atoms with van der Waals surface area (Å²) in [5.41, 5.74) is 2.75. The van der Waals surface area contributed by atoms with Crippen molar-refractivity contribution in [2.75, 3.05) is 0 Å². The molecule has 0 fully saturated rings. The predicted octanol–water partition coefficient (Wildman–Crippen LogP) is 4.22. The van der Waals surface area contributed by atoms with Gasteiger partial charge in [0.25, 0.3) is 0 Å². The van der Waals surface area contributed by atoms with Crippen molar-refractivity contribution in [1.82, 2.24) is 4.98 Å². The molecule has 0 aliphatic carbocycles. The first-order valence-corrected chi connectivity index (χ1v) is 6.89. The van der Waals surface area contributed by atoms with E-state index in [9.17, 15) is 4.79 Å². The lowest BCUT2D eigenvalue weighted by atomic mass is 9.99. The summed E-state index contributed by atoms with van der Waals surface area (Å²) in [5.74, 6) is 0.208. The van der Waals surface area contributed by atoms with Gasteiger partial charge in [0.05, 0.1) is 5.52 Å². The number of aromatic nitrogens is 1. The highest BCUT2D eigenvalue weighted by atomic mass is 127. The SMILES string of the molecule is Cc1[nH]c2c(I)cc(Cl)cc2c(=O)c1C(C)C. The Balaban J connectivity index is 2.97. The molecule has 0 spiro atoms. The number of fused-ring (bicyclic) bond motifs is 1. The second-order valence-electron chi connectivity index (χ2n) is 4.46. The number of hydrogen-bond donors (Lipinski definition) is 1. The molecule has 0 aliphatic heterocycles. The van der Waals surface area contributed by atoms with Crippen molar-refractivity contribution in [3.8, 4) is 0 Å². The smallest absolute Gasteiger partial charge is 0.193 e. The number of nitrogens with one attached hydrogen (secondary N) is 1. The molecule has 0 aliphatic rings. The number of aromatic amines is 1. The zero-order valence-corrected chi connectivity index (χ0v) is 12.8. The van der Waals surface area contributed by atoms with Gasteiger partial charge in [-0.15, -0.1) is 0 Å². The highest BCUT2D eigenvalue weighted by Crippen LogP contribution is 2.24. The Kier molecular flexibility index (Phi) is 3.50. The molecule has 2 aromatic rings. The van der Waals surface area contributed by atoms with Crippen LogP contribution in [0.3, 0.4) is 0 Å². The minimum atomic E-state index is 0.0895. The maximum atomic E-state index is 12.4. The molecule has 1 aromatic carbocycles. The molecule has 4 heteroatoms. The molecule has 1 aromatic heterocycles. The number of rotatable bonds is 1. The van der Waals surface area contributed by atoms with Crippen LogP contribution in [0.2, 0.25) is 5.02 Å². The Morgan fingerprint density at radius 2 is 2.00 bits per heavy atom. The zero-order valence-electron chi connectivity index (χ0n) is 9.90. The van der Waals surface area contributed by atoms with E-state index in [0.29, 0.717) is 10.4 Å². The van der Waals surface area contributed by atoms with Crippen molar-refractivity contribution in [2.45, 2.75) is 26.7 Å². The number of hydrogen-bond acceptors (Lipinski definition) is 1. The second-order valence-corrected chi connectivity index (χ2v) is 6.06. The zero-order chi connectivity index (χ0) is 12.7. The van der Waals surface area contributed by atoms with Crippen LogP contribution in [0.4, 0.5) is 0 Å². The van der Waals surface area contributed by atoms with Crippen LogP contribution in [0.15, 0.2) is 16.9 Å². The van der Waals surface area contributed by atoms with E-state index in [1.807, 2.05) is 26.8 Å². The van der Waals surface area contributed by atoms with Gasteiger partial charge in [-0.2, -0.15) is 0 Å². The minimum absolute atomic E-state index is 0.0895. The van der Waals surface area contributed by atoms with E-state index in [0.717, 1.165) is 20.3 Å². The van der Waals surface area contributed by atoms with Crippen LogP contribution >= 0.6 is 34.2 Å². The lowest BCUT2D eigenvalue weighted by Crippen LogP contribution is -2.15. The van der Waals surface area contributed by atoms with E-state index in [4.69, 9.17) is 11.6 Å². The van der Waals surface area contributed by atoms with Gasteiger partial charge in [-0.1, -0.05) is 25.4 Å². The number of halogens is 2. The molecule has 0 unspecified atom stereocenters. The van der Waals surface area contributed by atoms with Gasteiger partial charge >= 0.3 is 0 Å². The van der Waals surface area contributed by atoms with E-state index in [-0.39, 0.29) is 11.3 Å². The van der Waals surface area contributed by atoms with Crippen molar-refractivity contribution < 1.29 is 0 Å². The number of H-pyrrole nitrogens is 1. The number of benzene rings is 1. The molecule has 0 saturated heterocycles. The van der Waals surface area contributed by atoms with Crippen LogP contribution in [-0.4, -0.2) is 4.98 Å². The van der Waals surface area contributed by atoms with Gasteiger partial charge in [0, 0.05) is 25.2 Å². The lowest BCUT2D eigenvalue weighted by Gasteiger charge is -2.12. The first-order chi connectivity index (χ1) is 7.91. The van der Waals surface area contributed by atoms with Crippen LogP contribution in [-0.2, 0) is 0 Å². The summed E-state index contributed by atoms with van der Waals surface area (Å²) in [7, 11) is 0. The van der Waals surface area contributed by atoms with Crippen molar-refractivity contribution in [1.29, 1.82) is 0 Å². The lowest BCUT2D eigenvalue weighted by molar-refractivity contribution is 0.838. The molecular formula is C13H13ClINO. The van der Waals surface area contributed by atoms with Gasteiger partial charge < -0.3 is 4.98 Å². The van der Waals surface area contributed by atoms with Gasteiger partial charge in [-0.05, 0) is 47.6 Å². The van der Waals surface area contributed by atoms with Crippen LogP contribution in [0, 0.1) is 10.5 Å².